The summed E-state index contributed by atoms with van der Waals surface area (Å²) in [6, 6.07) is 18.1. The minimum atomic E-state index is -0.574. The molecule has 10 heteroatoms. The minimum Gasteiger partial charge on any atom is -0.493 e. The van der Waals surface area contributed by atoms with Crippen molar-refractivity contribution in [3.63, 3.8) is 0 Å². The molecular weight excluding hydrogens is 642 g/mol. The average molecular weight is 694 g/mol. The average Bonchev–Trinajstić information content (AvgIpc) is 3.65. The normalized spacial score (nSPS) is 20.8. The zero-order valence-corrected chi connectivity index (χ0v) is 30.0. The number of piperidine rings is 2. The molecule has 2 atom stereocenters. The van der Waals surface area contributed by atoms with Gasteiger partial charge in [0.15, 0.2) is 11.5 Å². The maximum Gasteiger partial charge on any atom is 0.255 e. The Balaban J connectivity index is 0.812. The molecule has 7 rings (SSSR count). The molecule has 0 radical (unpaired) electrons. The first-order chi connectivity index (χ1) is 24.8. The number of nitrogens with one attached hydrogen (secondary N) is 1. The number of rotatable bonds is 13. The Morgan fingerprint density at radius 3 is 2.45 bits per heavy atom. The molecule has 270 valence electrons. The summed E-state index contributed by atoms with van der Waals surface area (Å²) in [5, 5.41) is 2.40. The summed E-state index contributed by atoms with van der Waals surface area (Å²) in [7, 11) is 1.69. The number of carbonyl (C=O) groups is 3. The van der Waals surface area contributed by atoms with E-state index >= 15 is 0 Å². The van der Waals surface area contributed by atoms with Crippen molar-refractivity contribution in [2.24, 2.45) is 0 Å². The molecule has 3 N–H and O–H groups in total. The standard InChI is InChI=1S/C41H51N5O5/c1-27-34-23-30(42)12-11-29(34)25-45(27)31-13-15-37(50-2)38(24-31)51-22-7-5-3-4-6-19-44-20-17-28(18-21-44)32-9-8-10-33-35(32)26-46(41(33)49)36-14-16-39(47)43-40(36)48/h8-13,15,23-24,27-28,36H,3-7,14,16-22,25-26,42H2,1-2H3,(H,43,47,48). The van der Waals surface area contributed by atoms with Crippen LogP contribution in [0.5, 0.6) is 11.5 Å². The smallest absolute Gasteiger partial charge is 0.255 e. The number of unbranched alkanes of at least 4 members (excludes halogenated alkanes) is 4. The highest BCUT2D eigenvalue weighted by Crippen LogP contribution is 2.41. The van der Waals surface area contributed by atoms with Crippen LogP contribution < -0.4 is 25.4 Å². The van der Waals surface area contributed by atoms with Crippen LogP contribution in [0.2, 0.25) is 0 Å². The Labute approximate surface area is 301 Å². The number of imide groups is 1. The van der Waals surface area contributed by atoms with E-state index in [9.17, 15) is 14.4 Å². The third-order valence-corrected chi connectivity index (χ3v) is 11.4. The van der Waals surface area contributed by atoms with E-state index in [-0.39, 0.29) is 30.2 Å². The number of benzene rings is 3. The Bertz CT molecular complexity index is 1770. The van der Waals surface area contributed by atoms with Crippen LogP contribution in [0.1, 0.15) is 109 Å². The molecule has 4 aliphatic heterocycles. The topological polar surface area (TPSA) is 117 Å². The molecule has 0 aliphatic carbocycles. The summed E-state index contributed by atoms with van der Waals surface area (Å²) >= 11 is 0. The van der Waals surface area contributed by atoms with Gasteiger partial charge in [0.25, 0.3) is 5.91 Å². The van der Waals surface area contributed by atoms with Crippen LogP contribution in [0.15, 0.2) is 54.6 Å². The number of hydrogen-bond acceptors (Lipinski definition) is 8. The van der Waals surface area contributed by atoms with Crippen LogP contribution in [0.3, 0.4) is 0 Å². The van der Waals surface area contributed by atoms with Gasteiger partial charge >= 0.3 is 0 Å². The lowest BCUT2D eigenvalue weighted by Gasteiger charge is -2.33. The van der Waals surface area contributed by atoms with Crippen molar-refractivity contribution in [3.05, 3.63) is 82.4 Å². The number of hydrogen-bond donors (Lipinski definition) is 2. The summed E-state index contributed by atoms with van der Waals surface area (Å²) in [6.45, 7) is 7.43. The second-order valence-electron chi connectivity index (χ2n) is 14.6. The fourth-order valence-electron chi connectivity index (χ4n) is 8.52. The molecule has 2 unspecified atom stereocenters. The van der Waals surface area contributed by atoms with E-state index in [0.717, 1.165) is 80.3 Å². The first-order valence-electron chi connectivity index (χ1n) is 18.7. The first-order valence-corrected chi connectivity index (χ1v) is 18.7. The minimum absolute atomic E-state index is 0.0929. The van der Waals surface area contributed by atoms with Gasteiger partial charge in [-0.1, -0.05) is 37.5 Å². The lowest BCUT2D eigenvalue weighted by molar-refractivity contribution is -0.136. The number of nitrogen functional groups attached to an aromatic ring is 1. The summed E-state index contributed by atoms with van der Waals surface area (Å²) in [5.41, 5.74) is 13.6. The monoisotopic (exact) mass is 693 g/mol. The number of ether oxygens (including phenoxy) is 2. The van der Waals surface area contributed by atoms with Crippen molar-refractivity contribution in [1.82, 2.24) is 15.1 Å². The van der Waals surface area contributed by atoms with Gasteiger partial charge in [0.2, 0.25) is 11.8 Å². The maximum atomic E-state index is 13.3. The molecule has 3 amide bonds. The van der Waals surface area contributed by atoms with Crippen molar-refractivity contribution < 1.29 is 23.9 Å². The molecule has 0 spiro atoms. The maximum absolute atomic E-state index is 13.3. The van der Waals surface area contributed by atoms with Gasteiger partial charge in [0, 0.05) is 42.5 Å². The van der Waals surface area contributed by atoms with Gasteiger partial charge < -0.3 is 29.9 Å². The molecule has 0 aromatic heterocycles. The van der Waals surface area contributed by atoms with Gasteiger partial charge in [0.05, 0.1) is 19.8 Å². The van der Waals surface area contributed by atoms with E-state index < -0.39 is 6.04 Å². The Morgan fingerprint density at radius 2 is 1.65 bits per heavy atom. The predicted molar refractivity (Wildman–Crippen MR) is 198 cm³/mol. The fraction of sp³-hybridized carbons (Fsp3) is 0.488. The zero-order chi connectivity index (χ0) is 35.5. The number of likely N-dealkylation sites (tertiary alicyclic amines) is 1. The lowest BCUT2D eigenvalue weighted by Crippen LogP contribution is -2.52. The molecule has 10 nitrogen and oxygen atoms in total. The summed E-state index contributed by atoms with van der Waals surface area (Å²) in [5.74, 6) is 1.26. The molecule has 0 bridgehead atoms. The van der Waals surface area contributed by atoms with Crippen LogP contribution in [-0.4, -0.2) is 66.9 Å². The third kappa shape index (κ3) is 7.42. The molecule has 2 saturated heterocycles. The van der Waals surface area contributed by atoms with Crippen molar-refractivity contribution in [2.75, 3.05) is 44.0 Å². The van der Waals surface area contributed by atoms with E-state index in [1.807, 2.05) is 24.3 Å². The van der Waals surface area contributed by atoms with Crippen LogP contribution in [-0.2, 0) is 22.7 Å². The number of anilines is 2. The quantitative estimate of drug-likeness (QED) is 0.121. The van der Waals surface area contributed by atoms with Gasteiger partial charge in [-0.25, -0.2) is 0 Å². The number of methoxy groups -OCH3 is 1. The molecule has 51 heavy (non-hydrogen) atoms. The highest BCUT2D eigenvalue weighted by Gasteiger charge is 2.40. The number of nitrogens with zero attached hydrogens (tertiary/aromatic N) is 3. The molecule has 4 heterocycles. The second kappa shape index (κ2) is 15.4. The van der Waals surface area contributed by atoms with E-state index in [0.29, 0.717) is 31.1 Å². The summed E-state index contributed by atoms with van der Waals surface area (Å²) in [6.07, 6.45) is 8.55. The number of nitrogens with two attached hydrogens (primary N) is 1. The zero-order valence-electron chi connectivity index (χ0n) is 30.0. The highest BCUT2D eigenvalue weighted by atomic mass is 16.5. The van der Waals surface area contributed by atoms with Gasteiger partial charge in [-0.3, -0.25) is 19.7 Å². The molecule has 0 saturated carbocycles. The SMILES string of the molecule is COc1ccc(N2Cc3ccc(N)cc3C2C)cc1OCCCCCCCN1CCC(c2cccc3c2CN(C2CCC(=O)NC2=O)C3=O)CC1. The van der Waals surface area contributed by atoms with E-state index in [4.69, 9.17) is 15.2 Å². The van der Waals surface area contributed by atoms with Gasteiger partial charge in [-0.05, 0) is 117 Å². The van der Waals surface area contributed by atoms with Crippen LogP contribution in [0.25, 0.3) is 0 Å². The third-order valence-electron chi connectivity index (χ3n) is 11.4. The summed E-state index contributed by atoms with van der Waals surface area (Å²) < 4.78 is 11.9. The van der Waals surface area contributed by atoms with Crippen LogP contribution >= 0.6 is 0 Å². The van der Waals surface area contributed by atoms with Gasteiger partial charge in [-0.15, -0.1) is 0 Å². The number of fused-ring (bicyclic) bond motifs is 2. The largest absolute Gasteiger partial charge is 0.493 e. The first kappa shape index (κ1) is 34.9. The lowest BCUT2D eigenvalue weighted by atomic mass is 9.85. The van der Waals surface area contributed by atoms with Gasteiger partial charge in [0.1, 0.15) is 6.04 Å². The molecule has 3 aromatic carbocycles. The number of amides is 3. The molecule has 4 aliphatic rings. The molecule has 2 fully saturated rings. The predicted octanol–water partition coefficient (Wildman–Crippen LogP) is 6.33. The van der Waals surface area contributed by atoms with Crippen molar-refractivity contribution in [2.45, 2.75) is 95.8 Å². The number of carbonyl (C=O) groups excluding carboxylic acids is 3. The molecular formula is C41H51N5O5. The highest BCUT2D eigenvalue weighted by molar-refractivity contribution is 6.05. The molecule has 3 aromatic rings. The Morgan fingerprint density at radius 1 is 0.843 bits per heavy atom. The van der Waals surface area contributed by atoms with Crippen molar-refractivity contribution in [1.29, 1.82) is 0 Å². The Hall–Kier alpha value is -4.57. The van der Waals surface area contributed by atoms with E-state index in [1.54, 1.807) is 12.0 Å². The Kier molecular flexibility index (Phi) is 10.5. The van der Waals surface area contributed by atoms with Gasteiger partial charge in [-0.2, -0.15) is 0 Å². The van der Waals surface area contributed by atoms with Crippen molar-refractivity contribution >= 4 is 29.1 Å². The van der Waals surface area contributed by atoms with Crippen LogP contribution in [0.4, 0.5) is 11.4 Å². The fourth-order valence-corrected chi connectivity index (χ4v) is 8.52. The van der Waals surface area contributed by atoms with Crippen LogP contribution in [0, 0.1) is 0 Å². The van der Waals surface area contributed by atoms with E-state index in [2.05, 4.69) is 52.4 Å². The van der Waals surface area contributed by atoms with E-state index in [1.165, 1.54) is 36.0 Å². The summed E-state index contributed by atoms with van der Waals surface area (Å²) in [4.78, 5) is 44.1. The second-order valence-corrected chi connectivity index (χ2v) is 14.6. The van der Waals surface area contributed by atoms with Crippen molar-refractivity contribution in [3.8, 4) is 11.5 Å².